The third-order valence-electron chi connectivity index (χ3n) is 4.33. The zero-order valence-electron chi connectivity index (χ0n) is 13.6. The molecule has 0 saturated carbocycles. The van der Waals surface area contributed by atoms with Crippen LogP contribution in [0.25, 0.3) is 11.0 Å². The maximum atomic E-state index is 12.4. The Bertz CT molecular complexity index is 877. The van der Waals surface area contributed by atoms with E-state index >= 15 is 0 Å². The minimum atomic E-state index is 0.0360. The van der Waals surface area contributed by atoms with E-state index in [-0.39, 0.29) is 24.2 Å². The first-order chi connectivity index (χ1) is 11.6. The normalized spacial score (nSPS) is 15.2. The lowest BCUT2D eigenvalue weighted by atomic mass is 9.99. The highest BCUT2D eigenvalue weighted by molar-refractivity contribution is 5.86. The molecule has 1 aliphatic heterocycles. The standard InChI is InChI=1S/C17H18N4O3/c1-10(2)16-18-17(24-20-16)11-8-21(9-11)15(22)7-13-12-5-3-4-6-14(12)23-19-13/h3-6,10-11H,7-9H2,1-2H3. The Morgan fingerprint density at radius 1 is 1.25 bits per heavy atom. The van der Waals surface area contributed by atoms with E-state index in [0.29, 0.717) is 36.1 Å². The lowest BCUT2D eigenvalue weighted by Gasteiger charge is -2.37. The molecule has 7 heteroatoms. The molecule has 0 radical (unpaired) electrons. The summed E-state index contributed by atoms with van der Waals surface area (Å²) in [6.07, 6.45) is 0.241. The van der Waals surface area contributed by atoms with Crippen molar-refractivity contribution in [2.45, 2.75) is 32.1 Å². The van der Waals surface area contributed by atoms with Crippen LogP contribution in [0.5, 0.6) is 0 Å². The van der Waals surface area contributed by atoms with Crippen LogP contribution in [0.1, 0.15) is 43.1 Å². The van der Waals surface area contributed by atoms with Crippen molar-refractivity contribution in [3.05, 3.63) is 41.7 Å². The number of amides is 1. The average molecular weight is 326 g/mol. The Morgan fingerprint density at radius 3 is 2.79 bits per heavy atom. The number of hydrogen-bond donors (Lipinski definition) is 0. The van der Waals surface area contributed by atoms with Crippen molar-refractivity contribution in [2.24, 2.45) is 0 Å². The highest BCUT2D eigenvalue weighted by Gasteiger charge is 2.36. The molecule has 0 aliphatic carbocycles. The predicted octanol–water partition coefficient (Wildman–Crippen LogP) is 2.50. The number of nitrogens with zero attached hydrogens (tertiary/aromatic N) is 4. The average Bonchev–Trinajstić information content (AvgIpc) is 3.14. The molecular weight excluding hydrogens is 308 g/mol. The molecule has 3 heterocycles. The van der Waals surface area contributed by atoms with Gasteiger partial charge in [-0.3, -0.25) is 4.79 Å². The molecule has 1 amide bonds. The Balaban J connectivity index is 1.39. The molecule has 1 aliphatic rings. The summed E-state index contributed by atoms with van der Waals surface area (Å²) in [6.45, 7) is 5.25. The maximum Gasteiger partial charge on any atom is 0.233 e. The van der Waals surface area contributed by atoms with Crippen molar-refractivity contribution in [1.29, 1.82) is 0 Å². The molecule has 7 nitrogen and oxygen atoms in total. The van der Waals surface area contributed by atoms with Crippen molar-refractivity contribution in [3.8, 4) is 0 Å². The van der Waals surface area contributed by atoms with E-state index in [1.54, 1.807) is 4.90 Å². The van der Waals surface area contributed by atoms with Crippen LogP contribution in [0.4, 0.5) is 0 Å². The molecule has 1 aromatic carbocycles. The molecule has 0 bridgehead atoms. The molecule has 0 atom stereocenters. The number of para-hydroxylation sites is 1. The van der Waals surface area contributed by atoms with E-state index in [1.165, 1.54) is 0 Å². The topological polar surface area (TPSA) is 85.3 Å². The number of hydrogen-bond acceptors (Lipinski definition) is 6. The Morgan fingerprint density at radius 2 is 2.04 bits per heavy atom. The number of carbonyl (C=O) groups is 1. The molecule has 0 N–H and O–H groups in total. The van der Waals surface area contributed by atoms with E-state index in [4.69, 9.17) is 9.05 Å². The number of likely N-dealkylation sites (tertiary alicyclic amines) is 1. The number of benzene rings is 1. The van der Waals surface area contributed by atoms with Crippen LogP contribution in [0, 0.1) is 0 Å². The second-order valence-corrected chi connectivity index (χ2v) is 6.44. The number of rotatable bonds is 4. The Kier molecular flexibility index (Phi) is 3.55. The highest BCUT2D eigenvalue weighted by Crippen LogP contribution is 2.28. The van der Waals surface area contributed by atoms with Gasteiger partial charge in [0.05, 0.1) is 12.3 Å². The van der Waals surface area contributed by atoms with Gasteiger partial charge >= 0.3 is 0 Å². The third-order valence-corrected chi connectivity index (χ3v) is 4.33. The predicted molar refractivity (Wildman–Crippen MR) is 85.4 cm³/mol. The van der Waals surface area contributed by atoms with Gasteiger partial charge in [-0.25, -0.2) is 0 Å². The van der Waals surface area contributed by atoms with E-state index in [0.717, 1.165) is 5.39 Å². The minimum Gasteiger partial charge on any atom is -0.356 e. The molecule has 1 fully saturated rings. The van der Waals surface area contributed by atoms with Gasteiger partial charge in [0.25, 0.3) is 0 Å². The SMILES string of the molecule is CC(C)c1noc(C2CN(C(=O)Cc3noc4ccccc34)C2)n1. The molecular formula is C17H18N4O3. The Labute approximate surface area is 138 Å². The van der Waals surface area contributed by atoms with Crippen molar-refractivity contribution in [3.63, 3.8) is 0 Å². The molecule has 0 spiro atoms. The summed E-state index contributed by atoms with van der Waals surface area (Å²) < 4.78 is 10.5. The zero-order chi connectivity index (χ0) is 16.7. The second-order valence-electron chi connectivity index (χ2n) is 6.44. The van der Waals surface area contributed by atoms with E-state index in [1.807, 2.05) is 38.1 Å². The van der Waals surface area contributed by atoms with Crippen LogP contribution in [0.3, 0.4) is 0 Å². The monoisotopic (exact) mass is 326 g/mol. The van der Waals surface area contributed by atoms with Crippen molar-refractivity contribution in [2.75, 3.05) is 13.1 Å². The second kappa shape index (κ2) is 5.74. The van der Waals surface area contributed by atoms with Gasteiger partial charge in [-0.15, -0.1) is 0 Å². The first kappa shape index (κ1) is 14.9. The van der Waals surface area contributed by atoms with Crippen LogP contribution in [-0.2, 0) is 11.2 Å². The van der Waals surface area contributed by atoms with Gasteiger partial charge in [-0.1, -0.05) is 36.3 Å². The van der Waals surface area contributed by atoms with Gasteiger partial charge in [-0.05, 0) is 12.1 Å². The molecule has 4 rings (SSSR count). The van der Waals surface area contributed by atoms with Crippen LogP contribution < -0.4 is 0 Å². The molecule has 2 aromatic heterocycles. The van der Waals surface area contributed by atoms with Crippen molar-refractivity contribution >= 4 is 16.9 Å². The van der Waals surface area contributed by atoms with E-state index in [2.05, 4.69) is 15.3 Å². The molecule has 3 aromatic rings. The first-order valence-corrected chi connectivity index (χ1v) is 8.06. The fraction of sp³-hybridized carbons (Fsp3) is 0.412. The lowest BCUT2D eigenvalue weighted by molar-refractivity contribution is -0.135. The van der Waals surface area contributed by atoms with Crippen LogP contribution >= 0.6 is 0 Å². The van der Waals surface area contributed by atoms with Gasteiger partial charge in [0, 0.05) is 24.4 Å². The summed E-state index contributed by atoms with van der Waals surface area (Å²) in [7, 11) is 0. The fourth-order valence-electron chi connectivity index (χ4n) is 2.81. The highest BCUT2D eigenvalue weighted by atomic mass is 16.5. The zero-order valence-corrected chi connectivity index (χ0v) is 13.6. The van der Waals surface area contributed by atoms with Gasteiger partial charge < -0.3 is 13.9 Å². The van der Waals surface area contributed by atoms with Gasteiger partial charge in [0.1, 0.15) is 5.69 Å². The maximum absolute atomic E-state index is 12.4. The summed E-state index contributed by atoms with van der Waals surface area (Å²) in [5.74, 6) is 1.73. The number of carbonyl (C=O) groups excluding carboxylic acids is 1. The third kappa shape index (κ3) is 2.55. The number of fused-ring (bicyclic) bond motifs is 1. The van der Waals surface area contributed by atoms with Gasteiger partial charge in [0.15, 0.2) is 11.4 Å². The summed E-state index contributed by atoms with van der Waals surface area (Å²) in [5, 5.41) is 8.87. The van der Waals surface area contributed by atoms with Crippen LogP contribution in [0.2, 0.25) is 0 Å². The summed E-state index contributed by atoms with van der Waals surface area (Å²) in [5.41, 5.74) is 1.38. The Hall–Kier alpha value is -2.70. The molecule has 124 valence electrons. The van der Waals surface area contributed by atoms with E-state index < -0.39 is 0 Å². The summed E-state index contributed by atoms with van der Waals surface area (Å²) >= 11 is 0. The van der Waals surface area contributed by atoms with Gasteiger partial charge in [0.2, 0.25) is 11.8 Å². The van der Waals surface area contributed by atoms with Gasteiger partial charge in [-0.2, -0.15) is 4.98 Å². The van der Waals surface area contributed by atoms with Crippen LogP contribution in [0.15, 0.2) is 33.3 Å². The summed E-state index contributed by atoms with van der Waals surface area (Å²) in [6, 6.07) is 7.56. The quantitative estimate of drug-likeness (QED) is 0.732. The van der Waals surface area contributed by atoms with E-state index in [9.17, 15) is 4.79 Å². The van der Waals surface area contributed by atoms with Crippen LogP contribution in [-0.4, -0.2) is 39.2 Å². The fourth-order valence-corrected chi connectivity index (χ4v) is 2.81. The molecule has 1 saturated heterocycles. The van der Waals surface area contributed by atoms with Crippen molar-refractivity contribution < 1.29 is 13.8 Å². The minimum absolute atomic E-state index is 0.0360. The first-order valence-electron chi connectivity index (χ1n) is 8.06. The molecule has 24 heavy (non-hydrogen) atoms. The van der Waals surface area contributed by atoms with Crippen molar-refractivity contribution in [1.82, 2.24) is 20.2 Å². The number of aromatic nitrogens is 3. The lowest BCUT2D eigenvalue weighted by Crippen LogP contribution is -2.49. The summed E-state index contributed by atoms with van der Waals surface area (Å²) in [4.78, 5) is 18.6. The smallest absolute Gasteiger partial charge is 0.233 e. The largest absolute Gasteiger partial charge is 0.356 e. The molecule has 0 unspecified atom stereocenters.